The molecule has 1 heterocycles. The summed E-state index contributed by atoms with van der Waals surface area (Å²) in [6.07, 6.45) is 0. The molecular formula is C14H16N2O2S. The second-order valence-electron chi connectivity index (χ2n) is 4.07. The molecule has 0 bridgehead atoms. The minimum absolute atomic E-state index is 0.210. The first-order valence-electron chi connectivity index (χ1n) is 5.91. The lowest BCUT2D eigenvalue weighted by atomic mass is 10.2. The van der Waals surface area contributed by atoms with Crippen LogP contribution in [0.4, 0.5) is 10.5 Å². The fraction of sp³-hybridized carbons (Fsp3) is 0.214. The van der Waals surface area contributed by atoms with Crippen molar-refractivity contribution in [2.24, 2.45) is 0 Å². The molecule has 2 rings (SSSR count). The lowest BCUT2D eigenvalue weighted by Gasteiger charge is -2.09. The van der Waals surface area contributed by atoms with Crippen molar-refractivity contribution in [2.75, 3.05) is 12.4 Å². The summed E-state index contributed by atoms with van der Waals surface area (Å²) in [4.78, 5) is 12.9. The van der Waals surface area contributed by atoms with Crippen molar-refractivity contribution in [3.63, 3.8) is 0 Å². The second-order valence-corrected chi connectivity index (χ2v) is 5.10. The molecule has 2 amide bonds. The van der Waals surface area contributed by atoms with E-state index < -0.39 is 0 Å². The van der Waals surface area contributed by atoms with Crippen molar-refractivity contribution < 1.29 is 9.53 Å². The van der Waals surface area contributed by atoms with Crippen molar-refractivity contribution in [3.8, 4) is 5.75 Å². The monoisotopic (exact) mass is 276 g/mol. The van der Waals surface area contributed by atoms with Crippen LogP contribution in [0.25, 0.3) is 0 Å². The summed E-state index contributed by atoms with van der Waals surface area (Å²) in [6.45, 7) is 2.48. The van der Waals surface area contributed by atoms with E-state index in [1.54, 1.807) is 18.4 Å². The number of rotatable bonds is 4. The highest BCUT2D eigenvalue weighted by Crippen LogP contribution is 2.21. The first-order valence-corrected chi connectivity index (χ1v) is 6.79. The van der Waals surface area contributed by atoms with Crippen LogP contribution in [0, 0.1) is 6.92 Å². The fourth-order valence-electron chi connectivity index (χ4n) is 1.71. The van der Waals surface area contributed by atoms with E-state index in [0.717, 1.165) is 21.9 Å². The number of aryl methyl sites for hydroxylation is 1. The molecule has 0 aliphatic carbocycles. The van der Waals surface area contributed by atoms with Gasteiger partial charge in [-0.1, -0.05) is 6.07 Å². The maximum absolute atomic E-state index is 11.7. The zero-order chi connectivity index (χ0) is 13.7. The number of nitrogens with one attached hydrogen (secondary N) is 2. The molecular weight excluding hydrogens is 260 g/mol. The van der Waals surface area contributed by atoms with Gasteiger partial charge in [-0.05, 0) is 42.1 Å². The van der Waals surface area contributed by atoms with Gasteiger partial charge in [0.15, 0.2) is 0 Å². The Bertz CT molecular complexity index is 553. The molecule has 0 unspecified atom stereocenters. The number of thiophene rings is 1. The standard InChI is InChI=1S/C14H16N2O2S/c1-10-8-11(5-6-13(10)18-2)16-14(17)15-9-12-4-3-7-19-12/h3-8H,9H2,1-2H3,(H2,15,16,17). The van der Waals surface area contributed by atoms with Crippen molar-refractivity contribution in [1.29, 1.82) is 0 Å². The highest BCUT2D eigenvalue weighted by Gasteiger charge is 2.04. The summed E-state index contributed by atoms with van der Waals surface area (Å²) >= 11 is 1.62. The summed E-state index contributed by atoms with van der Waals surface area (Å²) in [5, 5.41) is 7.59. The molecule has 19 heavy (non-hydrogen) atoms. The molecule has 0 aliphatic rings. The van der Waals surface area contributed by atoms with E-state index in [9.17, 15) is 4.79 Å². The SMILES string of the molecule is COc1ccc(NC(=O)NCc2cccs2)cc1C. The van der Waals surface area contributed by atoms with Gasteiger partial charge in [-0.2, -0.15) is 0 Å². The number of hydrogen-bond acceptors (Lipinski definition) is 3. The molecule has 100 valence electrons. The van der Waals surface area contributed by atoms with Gasteiger partial charge in [0.1, 0.15) is 5.75 Å². The number of ether oxygens (including phenoxy) is 1. The average Bonchev–Trinajstić information content (AvgIpc) is 2.90. The third-order valence-electron chi connectivity index (χ3n) is 2.66. The van der Waals surface area contributed by atoms with Gasteiger partial charge in [-0.3, -0.25) is 0 Å². The number of anilines is 1. The fourth-order valence-corrected chi connectivity index (χ4v) is 2.36. The third-order valence-corrected chi connectivity index (χ3v) is 3.53. The Morgan fingerprint density at radius 3 is 2.84 bits per heavy atom. The first-order chi connectivity index (χ1) is 9.19. The van der Waals surface area contributed by atoms with Crippen LogP contribution in [0.15, 0.2) is 35.7 Å². The quantitative estimate of drug-likeness (QED) is 0.899. The van der Waals surface area contributed by atoms with Gasteiger partial charge in [0.25, 0.3) is 0 Å². The van der Waals surface area contributed by atoms with Gasteiger partial charge in [-0.15, -0.1) is 11.3 Å². The summed E-state index contributed by atoms with van der Waals surface area (Å²) in [5.41, 5.74) is 1.74. The van der Waals surface area contributed by atoms with Gasteiger partial charge in [-0.25, -0.2) is 4.79 Å². The van der Waals surface area contributed by atoms with Crippen LogP contribution in [0.2, 0.25) is 0 Å². The number of urea groups is 1. The van der Waals surface area contributed by atoms with E-state index in [0.29, 0.717) is 6.54 Å². The molecule has 0 spiro atoms. The van der Waals surface area contributed by atoms with Crippen LogP contribution in [0.5, 0.6) is 5.75 Å². The molecule has 0 atom stereocenters. The number of carbonyl (C=O) groups excluding carboxylic acids is 1. The van der Waals surface area contributed by atoms with Crippen molar-refractivity contribution in [2.45, 2.75) is 13.5 Å². The second kappa shape index (κ2) is 6.24. The Hall–Kier alpha value is -2.01. The summed E-state index contributed by atoms with van der Waals surface area (Å²) < 4.78 is 5.17. The lowest BCUT2D eigenvalue weighted by Crippen LogP contribution is -2.27. The van der Waals surface area contributed by atoms with Crippen molar-refractivity contribution >= 4 is 23.1 Å². The lowest BCUT2D eigenvalue weighted by molar-refractivity contribution is 0.252. The van der Waals surface area contributed by atoms with Crippen molar-refractivity contribution in [3.05, 3.63) is 46.2 Å². The zero-order valence-corrected chi connectivity index (χ0v) is 11.7. The highest BCUT2D eigenvalue weighted by molar-refractivity contribution is 7.09. The van der Waals surface area contributed by atoms with E-state index in [1.165, 1.54) is 0 Å². The topological polar surface area (TPSA) is 50.4 Å². The van der Waals surface area contributed by atoms with Gasteiger partial charge in [0.2, 0.25) is 0 Å². The normalized spacial score (nSPS) is 10.0. The molecule has 1 aromatic carbocycles. The molecule has 4 nitrogen and oxygen atoms in total. The van der Waals surface area contributed by atoms with E-state index in [2.05, 4.69) is 10.6 Å². The van der Waals surface area contributed by atoms with Gasteiger partial charge in [0.05, 0.1) is 13.7 Å². The summed E-state index contributed by atoms with van der Waals surface area (Å²) in [7, 11) is 1.63. The minimum atomic E-state index is -0.210. The number of hydrogen-bond donors (Lipinski definition) is 2. The molecule has 0 aliphatic heterocycles. The maximum Gasteiger partial charge on any atom is 0.319 e. The number of benzene rings is 1. The van der Waals surface area contributed by atoms with Crippen LogP contribution in [-0.4, -0.2) is 13.1 Å². The van der Waals surface area contributed by atoms with E-state index >= 15 is 0 Å². The van der Waals surface area contributed by atoms with Crippen LogP contribution in [-0.2, 0) is 6.54 Å². The van der Waals surface area contributed by atoms with Gasteiger partial charge >= 0.3 is 6.03 Å². The molecule has 2 aromatic rings. The maximum atomic E-state index is 11.7. The Balaban J connectivity index is 1.90. The molecule has 5 heteroatoms. The first kappa shape index (κ1) is 13.4. The summed E-state index contributed by atoms with van der Waals surface area (Å²) in [6, 6.07) is 9.28. The largest absolute Gasteiger partial charge is 0.496 e. The Morgan fingerprint density at radius 2 is 2.21 bits per heavy atom. The Labute approximate surface area is 116 Å². The predicted octanol–water partition coefficient (Wildman–Crippen LogP) is 3.39. The molecule has 1 aromatic heterocycles. The Kier molecular flexibility index (Phi) is 4.41. The highest BCUT2D eigenvalue weighted by atomic mass is 32.1. The molecule has 2 N–H and O–H groups in total. The predicted molar refractivity (Wildman–Crippen MR) is 77.9 cm³/mol. The van der Waals surface area contributed by atoms with Crippen LogP contribution < -0.4 is 15.4 Å². The minimum Gasteiger partial charge on any atom is -0.496 e. The number of methoxy groups -OCH3 is 1. The third kappa shape index (κ3) is 3.72. The molecule has 0 radical (unpaired) electrons. The number of amides is 2. The number of carbonyl (C=O) groups is 1. The van der Waals surface area contributed by atoms with Gasteiger partial charge in [0, 0.05) is 10.6 Å². The average molecular weight is 276 g/mol. The molecule has 0 saturated heterocycles. The summed E-state index contributed by atoms with van der Waals surface area (Å²) in [5.74, 6) is 0.810. The van der Waals surface area contributed by atoms with Crippen LogP contribution in [0.3, 0.4) is 0 Å². The van der Waals surface area contributed by atoms with Crippen molar-refractivity contribution in [1.82, 2.24) is 5.32 Å². The molecule has 0 fully saturated rings. The molecule has 0 saturated carbocycles. The van der Waals surface area contributed by atoms with E-state index in [4.69, 9.17) is 4.74 Å². The Morgan fingerprint density at radius 1 is 1.37 bits per heavy atom. The van der Waals surface area contributed by atoms with Crippen LogP contribution in [0.1, 0.15) is 10.4 Å². The van der Waals surface area contributed by atoms with Gasteiger partial charge < -0.3 is 15.4 Å². The van der Waals surface area contributed by atoms with E-state index in [-0.39, 0.29) is 6.03 Å². The zero-order valence-electron chi connectivity index (χ0n) is 10.9. The van der Waals surface area contributed by atoms with Crippen LogP contribution >= 0.6 is 11.3 Å². The smallest absolute Gasteiger partial charge is 0.319 e. The van der Waals surface area contributed by atoms with E-state index in [1.807, 2.05) is 42.6 Å².